The van der Waals surface area contributed by atoms with Gasteiger partial charge in [0.2, 0.25) is 0 Å². The molecule has 3 rings (SSSR count). The van der Waals surface area contributed by atoms with Crippen LogP contribution >= 0.6 is 0 Å². The molecule has 1 saturated heterocycles. The van der Waals surface area contributed by atoms with E-state index in [1.165, 1.54) is 12.1 Å². The lowest BCUT2D eigenvalue weighted by Gasteiger charge is -2.17. The van der Waals surface area contributed by atoms with Gasteiger partial charge in [0, 0.05) is 6.20 Å². The van der Waals surface area contributed by atoms with Gasteiger partial charge >= 0.3 is 11.7 Å². The fourth-order valence-corrected chi connectivity index (χ4v) is 2.85. The largest absolute Gasteiger partial charge is 0.508 e. The molecule has 1 aromatic heterocycles. The Balaban J connectivity index is 1.64. The van der Waals surface area contributed by atoms with E-state index in [2.05, 4.69) is 4.98 Å². The third kappa shape index (κ3) is 4.75. The second-order valence-electron chi connectivity index (χ2n) is 6.61. The number of aliphatic hydroxyl groups is 2. The Bertz CT molecular complexity index is 987. The van der Waals surface area contributed by atoms with Gasteiger partial charge in [-0.05, 0) is 30.2 Å². The van der Waals surface area contributed by atoms with Gasteiger partial charge in [-0.1, -0.05) is 12.1 Å². The van der Waals surface area contributed by atoms with Crippen molar-refractivity contribution < 1.29 is 36.2 Å². The number of aromatic hydroxyl groups is 1. The Hall–Kier alpha value is -3.03. The van der Waals surface area contributed by atoms with Crippen LogP contribution in [0.1, 0.15) is 13.1 Å². The molecule has 0 saturated carbocycles. The van der Waals surface area contributed by atoms with Crippen molar-refractivity contribution in [3.63, 3.8) is 0 Å². The zero-order valence-electron chi connectivity index (χ0n) is 16.6. The highest BCUT2D eigenvalue weighted by Gasteiger charge is 2.44. The van der Waals surface area contributed by atoms with Gasteiger partial charge in [0.1, 0.15) is 36.7 Å². The minimum atomic E-state index is -2.44. The minimum Gasteiger partial charge on any atom is -0.508 e. The smallest absolute Gasteiger partial charge is 0.351 e. The molecular weight excluding hydrogens is 400 g/mol. The maximum absolute atomic E-state index is 12.2. The summed E-state index contributed by atoms with van der Waals surface area (Å²) in [6.07, 6.45) is -6.11. The molecule has 0 amide bonds. The van der Waals surface area contributed by atoms with Gasteiger partial charge in [-0.25, -0.2) is 4.79 Å². The van der Waals surface area contributed by atoms with Crippen molar-refractivity contribution in [1.29, 1.82) is 0 Å². The molecule has 1 aromatic carbocycles. The number of phenolic OH excluding ortho intramolecular Hbond substituents is 1. The van der Waals surface area contributed by atoms with Gasteiger partial charge in [-0.3, -0.25) is 20.0 Å². The Morgan fingerprint density at radius 2 is 2.03 bits per heavy atom. The zero-order valence-corrected chi connectivity index (χ0v) is 15.6. The number of ether oxygens (including phenoxy) is 2. The summed E-state index contributed by atoms with van der Waals surface area (Å²) in [5.41, 5.74) is 7.14. The van der Waals surface area contributed by atoms with Gasteiger partial charge in [0.25, 0.3) is 0 Å². The Morgan fingerprint density at radius 1 is 1.33 bits per heavy atom. The van der Waals surface area contributed by atoms with E-state index in [0.717, 1.165) is 12.3 Å². The summed E-state index contributed by atoms with van der Waals surface area (Å²) in [6.45, 7) is -0.528. The van der Waals surface area contributed by atoms with Gasteiger partial charge < -0.3 is 30.5 Å². The van der Waals surface area contributed by atoms with E-state index in [0.29, 0.717) is 10.1 Å². The molecule has 0 bridgehead atoms. The summed E-state index contributed by atoms with van der Waals surface area (Å²) in [6, 6.07) is 6.20. The van der Waals surface area contributed by atoms with Crippen LogP contribution in [-0.2, 0) is 20.7 Å². The molecule has 0 aliphatic carbocycles. The predicted molar refractivity (Wildman–Crippen MR) is 101 cm³/mol. The number of aromatic nitrogens is 2. The summed E-state index contributed by atoms with van der Waals surface area (Å²) in [7, 11) is 0. The number of hydrogen-bond acceptors (Lipinski definition) is 11. The number of nitrogens with two attached hydrogens (primary N) is 1. The normalized spacial score (nSPS) is 27.3. The number of hydrogen-bond donors (Lipinski definition) is 6. The van der Waals surface area contributed by atoms with E-state index in [1.807, 2.05) is 0 Å². The standard InChI is InChI=1S/C18H22N4O8/c19-11(7-9-1-3-10(23)4-2-9)17(26)29-8-12-14(24)15(25)16(30-12)22-6-5-13(21-28)20-18(22)27/h1-6,11-12,14-16,23-25,28H,7-8,19H2,(H,20,21,27)/t11-,12+,14+,15+,16+/m0/s1/i16D. The van der Waals surface area contributed by atoms with Crippen molar-refractivity contribution in [2.45, 2.75) is 37.0 Å². The van der Waals surface area contributed by atoms with Crippen molar-refractivity contribution in [3.05, 3.63) is 52.6 Å². The van der Waals surface area contributed by atoms with Crippen LogP contribution in [0, 0.1) is 0 Å². The summed E-state index contributed by atoms with van der Waals surface area (Å²) in [5.74, 6) is -0.926. The molecule has 0 spiro atoms. The van der Waals surface area contributed by atoms with E-state index >= 15 is 0 Å². The highest BCUT2D eigenvalue weighted by atomic mass is 16.6. The van der Waals surface area contributed by atoms with Gasteiger partial charge in [0.05, 0.1) is 1.37 Å². The second kappa shape index (κ2) is 9.19. The predicted octanol–water partition coefficient (Wildman–Crippen LogP) is -1.52. The number of phenols is 1. The third-order valence-corrected chi connectivity index (χ3v) is 4.47. The van der Waals surface area contributed by atoms with Crippen LogP contribution in [0.5, 0.6) is 5.75 Å². The average molecular weight is 423 g/mol. The van der Waals surface area contributed by atoms with E-state index in [-0.39, 0.29) is 18.0 Å². The highest BCUT2D eigenvalue weighted by molar-refractivity contribution is 5.75. The zero-order chi connectivity index (χ0) is 22.8. The summed E-state index contributed by atoms with van der Waals surface area (Å²) < 4.78 is 19.3. The summed E-state index contributed by atoms with van der Waals surface area (Å²) in [4.78, 5) is 27.7. The first-order valence-electron chi connectivity index (χ1n) is 9.40. The number of rotatable bonds is 7. The van der Waals surface area contributed by atoms with Crippen LogP contribution in [0.15, 0.2) is 41.3 Å². The van der Waals surface area contributed by atoms with Crippen molar-refractivity contribution in [1.82, 2.24) is 9.55 Å². The van der Waals surface area contributed by atoms with Crippen LogP contribution in [0.4, 0.5) is 5.82 Å². The number of benzene rings is 1. The minimum absolute atomic E-state index is 0.0706. The molecule has 1 aliphatic rings. The highest BCUT2D eigenvalue weighted by Crippen LogP contribution is 2.28. The third-order valence-electron chi connectivity index (χ3n) is 4.47. The van der Waals surface area contributed by atoms with Gasteiger partial charge in [-0.2, -0.15) is 4.98 Å². The molecule has 0 unspecified atom stereocenters. The molecule has 162 valence electrons. The lowest BCUT2D eigenvalue weighted by atomic mass is 10.1. The van der Waals surface area contributed by atoms with E-state index in [1.54, 1.807) is 17.6 Å². The van der Waals surface area contributed by atoms with Crippen LogP contribution in [-0.4, -0.2) is 67.0 Å². The molecule has 2 aromatic rings. The van der Waals surface area contributed by atoms with Crippen LogP contribution in [0.25, 0.3) is 0 Å². The monoisotopic (exact) mass is 423 g/mol. The molecule has 12 nitrogen and oxygen atoms in total. The lowest BCUT2D eigenvalue weighted by molar-refractivity contribution is -0.151. The molecule has 1 aliphatic heterocycles. The van der Waals surface area contributed by atoms with Crippen molar-refractivity contribution in [2.24, 2.45) is 5.73 Å². The maximum Gasteiger partial charge on any atom is 0.351 e. The topological polar surface area (TPSA) is 189 Å². The number of aliphatic hydroxyl groups excluding tert-OH is 2. The first-order chi connectivity index (χ1) is 14.7. The number of nitrogens with zero attached hydrogens (tertiary/aromatic N) is 2. The van der Waals surface area contributed by atoms with Crippen molar-refractivity contribution in [2.75, 3.05) is 12.1 Å². The van der Waals surface area contributed by atoms with Crippen molar-refractivity contribution >= 4 is 11.8 Å². The van der Waals surface area contributed by atoms with Gasteiger partial charge in [-0.15, -0.1) is 0 Å². The molecule has 30 heavy (non-hydrogen) atoms. The second-order valence-corrected chi connectivity index (χ2v) is 6.61. The Kier molecular flexibility index (Phi) is 6.21. The maximum atomic E-state index is 12.2. The molecular formula is C18H22N4O8. The Labute approximate surface area is 171 Å². The fourth-order valence-electron chi connectivity index (χ4n) is 2.85. The SMILES string of the molecule is [2H][C@@]1(n2ccc(NO)nc2=O)O[C@H](COC(=O)[C@@H](N)Cc2ccc(O)cc2)[C@@H](O)[C@H]1O. The van der Waals surface area contributed by atoms with Gasteiger partial charge in [0.15, 0.2) is 12.0 Å². The molecule has 5 atom stereocenters. The molecule has 7 N–H and O–H groups in total. The average Bonchev–Trinajstić information content (AvgIpc) is 2.97. The van der Waals surface area contributed by atoms with E-state index in [4.69, 9.17) is 21.8 Å². The van der Waals surface area contributed by atoms with Crippen LogP contribution in [0.3, 0.4) is 0 Å². The Morgan fingerprint density at radius 3 is 2.67 bits per heavy atom. The molecule has 12 heteroatoms. The molecule has 0 radical (unpaired) electrons. The first-order valence-corrected chi connectivity index (χ1v) is 8.90. The molecule has 1 fully saturated rings. The van der Waals surface area contributed by atoms with Crippen LogP contribution in [0.2, 0.25) is 0 Å². The quantitative estimate of drug-likeness (QED) is 0.224. The first kappa shape index (κ1) is 20.3. The number of nitrogens with one attached hydrogen (secondary N) is 1. The number of anilines is 1. The van der Waals surface area contributed by atoms with Crippen LogP contribution < -0.4 is 16.9 Å². The number of esters is 1. The summed E-state index contributed by atoms with van der Waals surface area (Å²) in [5, 5.41) is 38.6. The molecule has 2 heterocycles. The number of carbonyl (C=O) groups is 1. The van der Waals surface area contributed by atoms with Crippen molar-refractivity contribution in [3.8, 4) is 5.75 Å². The number of carbonyl (C=O) groups excluding carboxylic acids is 1. The summed E-state index contributed by atoms with van der Waals surface area (Å²) >= 11 is 0. The fraction of sp³-hybridized carbons (Fsp3) is 0.389. The lowest BCUT2D eigenvalue weighted by Crippen LogP contribution is -2.39. The van der Waals surface area contributed by atoms with E-state index < -0.39 is 48.8 Å². The van der Waals surface area contributed by atoms with E-state index in [9.17, 15) is 24.9 Å².